The molecule has 1 aliphatic rings. The minimum atomic E-state index is -4.04. The van der Waals surface area contributed by atoms with Crippen LogP contribution in [0.4, 0.5) is 15.8 Å². The molecule has 35 heavy (non-hydrogen) atoms. The van der Waals surface area contributed by atoms with Crippen molar-refractivity contribution in [3.8, 4) is 0 Å². The molecule has 1 saturated heterocycles. The summed E-state index contributed by atoms with van der Waals surface area (Å²) >= 11 is 6.20. The Morgan fingerprint density at radius 3 is 2.29 bits per heavy atom. The lowest BCUT2D eigenvalue weighted by molar-refractivity contribution is -0.129. The van der Waals surface area contributed by atoms with Crippen LogP contribution in [0.15, 0.2) is 71.6 Å². The molecule has 1 fully saturated rings. The molecule has 6 nitrogen and oxygen atoms in total. The first kappa shape index (κ1) is 25.0. The van der Waals surface area contributed by atoms with Crippen LogP contribution in [0, 0.1) is 19.7 Å². The highest BCUT2D eigenvalue weighted by molar-refractivity contribution is 7.92. The molecule has 0 bridgehead atoms. The van der Waals surface area contributed by atoms with Gasteiger partial charge in [-0.25, -0.2) is 12.8 Å². The zero-order chi connectivity index (χ0) is 25.2. The van der Waals surface area contributed by atoms with Crippen LogP contribution in [-0.4, -0.2) is 51.9 Å². The SMILES string of the molecule is Cc1ccc(S(=O)(=O)N(CC(=O)N2CCN(c3ccccc3F)CC2)c2cc(Cl)ccc2C)cc1. The molecule has 0 atom stereocenters. The Hall–Kier alpha value is -3.10. The van der Waals surface area contributed by atoms with Crippen molar-refractivity contribution in [3.05, 3.63) is 88.7 Å². The van der Waals surface area contributed by atoms with E-state index in [-0.39, 0.29) is 23.2 Å². The Bertz CT molecular complexity index is 1320. The van der Waals surface area contributed by atoms with Gasteiger partial charge in [0.1, 0.15) is 12.4 Å². The summed E-state index contributed by atoms with van der Waals surface area (Å²) in [5.41, 5.74) is 2.47. The minimum absolute atomic E-state index is 0.0969. The van der Waals surface area contributed by atoms with Gasteiger partial charge in [0.25, 0.3) is 10.0 Å². The first-order valence-corrected chi connectivity index (χ1v) is 13.1. The average Bonchev–Trinajstić information content (AvgIpc) is 2.84. The topological polar surface area (TPSA) is 60.9 Å². The van der Waals surface area contributed by atoms with E-state index in [4.69, 9.17) is 11.6 Å². The first-order valence-electron chi connectivity index (χ1n) is 11.3. The standard InChI is InChI=1S/C26H27ClFN3O3S/c1-19-7-11-22(12-8-19)35(33,34)31(25-17-21(27)10-9-20(25)2)18-26(32)30-15-13-29(14-16-30)24-6-4-3-5-23(24)28/h3-12,17H,13-16,18H2,1-2H3. The molecule has 0 aromatic heterocycles. The molecule has 0 aliphatic carbocycles. The number of carbonyl (C=O) groups excluding carboxylic acids is 1. The van der Waals surface area contributed by atoms with Crippen molar-refractivity contribution in [2.45, 2.75) is 18.7 Å². The zero-order valence-corrected chi connectivity index (χ0v) is 21.2. The number of nitrogens with zero attached hydrogens (tertiary/aromatic N) is 3. The molecule has 3 aromatic rings. The smallest absolute Gasteiger partial charge is 0.264 e. The fraction of sp³-hybridized carbons (Fsp3) is 0.269. The number of sulfonamides is 1. The van der Waals surface area contributed by atoms with Crippen LogP contribution in [0.25, 0.3) is 0 Å². The highest BCUT2D eigenvalue weighted by atomic mass is 35.5. The molecule has 1 aliphatic heterocycles. The van der Waals surface area contributed by atoms with E-state index >= 15 is 0 Å². The van der Waals surface area contributed by atoms with Crippen LogP contribution in [-0.2, 0) is 14.8 Å². The summed E-state index contributed by atoms with van der Waals surface area (Å²) in [5, 5.41) is 0.376. The van der Waals surface area contributed by atoms with E-state index in [1.54, 1.807) is 60.4 Å². The third kappa shape index (κ3) is 5.44. The van der Waals surface area contributed by atoms with Crippen molar-refractivity contribution in [2.24, 2.45) is 0 Å². The predicted octanol–water partition coefficient (Wildman–Crippen LogP) is 4.64. The lowest BCUT2D eigenvalue weighted by atomic mass is 10.2. The van der Waals surface area contributed by atoms with Gasteiger partial charge in [0.2, 0.25) is 5.91 Å². The number of rotatable bonds is 6. The monoisotopic (exact) mass is 515 g/mol. The molecule has 1 heterocycles. The van der Waals surface area contributed by atoms with E-state index < -0.39 is 10.0 Å². The number of hydrogen-bond donors (Lipinski definition) is 0. The van der Waals surface area contributed by atoms with E-state index in [0.717, 1.165) is 9.87 Å². The summed E-state index contributed by atoms with van der Waals surface area (Å²) in [6, 6.07) is 18.0. The summed E-state index contributed by atoms with van der Waals surface area (Å²) < 4.78 is 42.6. The second-order valence-corrected chi connectivity index (χ2v) is 10.9. The number of anilines is 2. The summed E-state index contributed by atoms with van der Waals surface area (Å²) in [6.45, 7) is 4.92. The number of carbonyl (C=O) groups is 1. The summed E-state index contributed by atoms with van der Waals surface area (Å²) in [7, 11) is -4.04. The number of benzene rings is 3. The number of piperazine rings is 1. The van der Waals surface area contributed by atoms with Gasteiger partial charge < -0.3 is 9.80 Å². The largest absolute Gasteiger partial charge is 0.366 e. The molecule has 184 valence electrons. The van der Waals surface area contributed by atoms with Crippen LogP contribution in [0.3, 0.4) is 0 Å². The van der Waals surface area contributed by atoms with Crippen molar-refractivity contribution < 1.29 is 17.6 Å². The number of halogens is 2. The summed E-state index contributed by atoms with van der Waals surface area (Å²) in [5.74, 6) is -0.632. The summed E-state index contributed by atoms with van der Waals surface area (Å²) in [6.07, 6.45) is 0. The van der Waals surface area contributed by atoms with Crippen LogP contribution >= 0.6 is 11.6 Å². The zero-order valence-electron chi connectivity index (χ0n) is 19.6. The lowest BCUT2D eigenvalue weighted by Crippen LogP contribution is -2.52. The van der Waals surface area contributed by atoms with Gasteiger partial charge in [-0.05, 0) is 55.8 Å². The Morgan fingerprint density at radius 2 is 1.63 bits per heavy atom. The molecule has 0 spiro atoms. The number of aryl methyl sites for hydroxylation is 2. The molecule has 0 N–H and O–H groups in total. The van der Waals surface area contributed by atoms with Crippen LogP contribution < -0.4 is 9.21 Å². The van der Waals surface area contributed by atoms with Gasteiger partial charge in [-0.15, -0.1) is 0 Å². The van der Waals surface area contributed by atoms with Gasteiger partial charge in [0, 0.05) is 31.2 Å². The van der Waals surface area contributed by atoms with Crippen molar-refractivity contribution in [1.82, 2.24) is 4.90 Å². The maximum Gasteiger partial charge on any atom is 0.264 e. The predicted molar refractivity (Wildman–Crippen MR) is 137 cm³/mol. The van der Waals surface area contributed by atoms with E-state index in [2.05, 4.69) is 0 Å². The number of para-hydroxylation sites is 1. The highest BCUT2D eigenvalue weighted by Gasteiger charge is 2.31. The van der Waals surface area contributed by atoms with Crippen LogP contribution in [0.5, 0.6) is 0 Å². The fourth-order valence-electron chi connectivity index (χ4n) is 4.12. The normalized spacial score (nSPS) is 14.2. The van der Waals surface area contributed by atoms with E-state index in [1.165, 1.54) is 18.2 Å². The fourth-order valence-corrected chi connectivity index (χ4v) is 5.75. The van der Waals surface area contributed by atoms with Crippen LogP contribution in [0.1, 0.15) is 11.1 Å². The van der Waals surface area contributed by atoms with Crippen molar-refractivity contribution in [2.75, 3.05) is 41.9 Å². The third-order valence-corrected chi connectivity index (χ3v) is 8.16. The Kier molecular flexibility index (Phi) is 7.33. The number of amides is 1. The molecule has 1 amide bonds. The second kappa shape index (κ2) is 10.3. The van der Waals surface area contributed by atoms with Gasteiger partial charge in [-0.2, -0.15) is 0 Å². The van der Waals surface area contributed by atoms with Gasteiger partial charge in [-0.3, -0.25) is 9.10 Å². The third-order valence-electron chi connectivity index (χ3n) is 6.15. The van der Waals surface area contributed by atoms with Gasteiger partial charge in [-0.1, -0.05) is 47.5 Å². The Labute approximate surface area is 210 Å². The first-order chi connectivity index (χ1) is 16.7. The second-order valence-electron chi connectivity index (χ2n) is 8.57. The van der Waals surface area contributed by atoms with Gasteiger partial charge in [0.05, 0.1) is 16.3 Å². The lowest BCUT2D eigenvalue weighted by Gasteiger charge is -2.37. The molecular formula is C26H27ClFN3O3S. The minimum Gasteiger partial charge on any atom is -0.366 e. The maximum absolute atomic E-state index is 14.2. The summed E-state index contributed by atoms with van der Waals surface area (Å²) in [4.78, 5) is 16.9. The molecule has 9 heteroatoms. The Balaban J connectivity index is 1.58. The average molecular weight is 516 g/mol. The van der Waals surface area contributed by atoms with E-state index in [0.29, 0.717) is 48.1 Å². The molecular weight excluding hydrogens is 489 g/mol. The quantitative estimate of drug-likeness (QED) is 0.480. The Morgan fingerprint density at radius 1 is 0.971 bits per heavy atom. The van der Waals surface area contributed by atoms with Crippen molar-refractivity contribution in [3.63, 3.8) is 0 Å². The van der Waals surface area contributed by atoms with Crippen molar-refractivity contribution in [1.29, 1.82) is 0 Å². The number of hydrogen-bond acceptors (Lipinski definition) is 4. The maximum atomic E-state index is 14.2. The van der Waals surface area contributed by atoms with Crippen molar-refractivity contribution >= 4 is 38.9 Å². The van der Waals surface area contributed by atoms with Gasteiger partial charge >= 0.3 is 0 Å². The molecule has 0 unspecified atom stereocenters. The molecule has 4 rings (SSSR count). The highest BCUT2D eigenvalue weighted by Crippen LogP contribution is 2.30. The van der Waals surface area contributed by atoms with Crippen LogP contribution in [0.2, 0.25) is 5.02 Å². The molecule has 3 aromatic carbocycles. The van der Waals surface area contributed by atoms with E-state index in [9.17, 15) is 17.6 Å². The molecule has 0 radical (unpaired) electrons. The van der Waals surface area contributed by atoms with Gasteiger partial charge in [0.15, 0.2) is 0 Å². The van der Waals surface area contributed by atoms with E-state index in [1.807, 2.05) is 11.8 Å². The molecule has 0 saturated carbocycles.